The maximum absolute atomic E-state index is 4.45. The molecular weight excluding hydrogens is 306 g/mol. The van der Waals surface area contributed by atoms with Crippen molar-refractivity contribution in [1.29, 1.82) is 0 Å². The van der Waals surface area contributed by atoms with Crippen LogP contribution in [0.25, 0.3) is 38.5 Å². The summed E-state index contributed by atoms with van der Waals surface area (Å²) in [6.45, 7) is 6.28. The van der Waals surface area contributed by atoms with Crippen LogP contribution in [-0.2, 0) is 0 Å². The summed E-state index contributed by atoms with van der Waals surface area (Å²) >= 11 is 0. The Kier molecular flexibility index (Phi) is 3.77. The van der Waals surface area contributed by atoms with Gasteiger partial charge in [-0.1, -0.05) is 43.8 Å². The van der Waals surface area contributed by atoms with E-state index in [-0.39, 0.29) is 0 Å². The van der Waals surface area contributed by atoms with Crippen LogP contribution in [0.5, 0.6) is 0 Å². The molecule has 0 aliphatic carbocycles. The lowest BCUT2D eigenvalue weighted by molar-refractivity contribution is 1.25. The molecule has 0 spiro atoms. The number of aromatic nitrogens is 2. The molecule has 4 rings (SSSR count). The van der Waals surface area contributed by atoms with E-state index in [9.17, 15) is 0 Å². The fraction of sp³-hybridized carbons (Fsp3) is 0.136. The second-order valence-corrected chi connectivity index (χ2v) is 6.27. The lowest BCUT2D eigenvalue weighted by atomic mass is 9.96. The first-order valence-corrected chi connectivity index (χ1v) is 8.57. The van der Waals surface area contributed by atoms with Gasteiger partial charge < -0.3 is 10.3 Å². The number of H-pyrrole nitrogens is 1. The number of hydrogen-bond donors (Lipinski definition) is 2. The van der Waals surface area contributed by atoms with Gasteiger partial charge in [0.25, 0.3) is 0 Å². The van der Waals surface area contributed by atoms with Crippen molar-refractivity contribution in [2.75, 3.05) is 12.4 Å². The Morgan fingerprint density at radius 2 is 1.88 bits per heavy atom. The van der Waals surface area contributed by atoms with Crippen LogP contribution >= 0.6 is 0 Å². The Balaban J connectivity index is 1.86. The zero-order valence-electron chi connectivity index (χ0n) is 14.6. The zero-order valence-corrected chi connectivity index (χ0v) is 14.6. The molecule has 0 atom stereocenters. The summed E-state index contributed by atoms with van der Waals surface area (Å²) in [7, 11) is 1.94. The van der Waals surface area contributed by atoms with Crippen molar-refractivity contribution >= 4 is 33.1 Å². The lowest BCUT2D eigenvalue weighted by Crippen LogP contribution is -1.94. The molecule has 0 radical (unpaired) electrons. The number of nitrogens with zero attached hydrogens (tertiary/aromatic N) is 1. The molecule has 25 heavy (non-hydrogen) atoms. The average molecular weight is 327 g/mol. The zero-order chi connectivity index (χ0) is 17.4. The van der Waals surface area contributed by atoms with Crippen LogP contribution in [-0.4, -0.2) is 17.0 Å². The molecule has 0 aliphatic heterocycles. The van der Waals surface area contributed by atoms with Crippen molar-refractivity contribution < 1.29 is 0 Å². The summed E-state index contributed by atoms with van der Waals surface area (Å²) in [5, 5.41) is 5.78. The summed E-state index contributed by atoms with van der Waals surface area (Å²) in [6, 6.07) is 17.4. The van der Waals surface area contributed by atoms with Crippen LogP contribution < -0.4 is 5.32 Å². The smallest absolute Gasteiger partial charge is 0.112 e. The highest BCUT2D eigenvalue weighted by atomic mass is 14.9. The Hall–Kier alpha value is -3.07. The number of nitrogens with one attached hydrogen (secondary N) is 2. The van der Waals surface area contributed by atoms with E-state index in [1.165, 1.54) is 27.5 Å². The Labute approximate surface area is 147 Å². The molecule has 2 N–H and O–H groups in total. The minimum absolute atomic E-state index is 0.967. The Morgan fingerprint density at radius 1 is 1.08 bits per heavy atom. The average Bonchev–Trinajstić information content (AvgIpc) is 3.14. The first-order valence-electron chi connectivity index (χ1n) is 8.57. The largest absolute Gasteiger partial charge is 0.386 e. The molecule has 1 heterocycles. The van der Waals surface area contributed by atoms with E-state index in [0.29, 0.717) is 0 Å². The topological polar surface area (TPSA) is 40.7 Å². The molecule has 3 nitrogen and oxygen atoms in total. The van der Waals surface area contributed by atoms with Crippen LogP contribution in [0.3, 0.4) is 0 Å². The molecule has 0 unspecified atom stereocenters. The first kappa shape index (κ1) is 15.5. The van der Waals surface area contributed by atoms with Gasteiger partial charge in [0.05, 0.1) is 17.5 Å². The monoisotopic (exact) mass is 327 g/mol. The highest BCUT2D eigenvalue weighted by Crippen LogP contribution is 2.35. The van der Waals surface area contributed by atoms with Crippen molar-refractivity contribution in [3.05, 3.63) is 67.0 Å². The van der Waals surface area contributed by atoms with E-state index >= 15 is 0 Å². The van der Waals surface area contributed by atoms with E-state index in [0.717, 1.165) is 28.7 Å². The number of hydrogen-bond acceptors (Lipinski definition) is 2. The van der Waals surface area contributed by atoms with E-state index < -0.39 is 0 Å². The molecule has 3 aromatic carbocycles. The van der Waals surface area contributed by atoms with Gasteiger partial charge >= 0.3 is 0 Å². The summed E-state index contributed by atoms with van der Waals surface area (Å²) in [4.78, 5) is 7.62. The van der Waals surface area contributed by atoms with Gasteiger partial charge in [-0.2, -0.15) is 0 Å². The van der Waals surface area contributed by atoms with Gasteiger partial charge in [-0.25, -0.2) is 4.98 Å². The third-order valence-corrected chi connectivity index (χ3v) is 4.83. The summed E-state index contributed by atoms with van der Waals surface area (Å²) in [6.07, 6.45) is 2.70. The normalized spacial score (nSPS) is 11.1. The van der Waals surface area contributed by atoms with Gasteiger partial charge in [-0.05, 0) is 52.1 Å². The molecule has 0 amide bonds. The highest BCUT2D eigenvalue weighted by molar-refractivity contribution is 5.99. The fourth-order valence-electron chi connectivity index (χ4n) is 3.34. The van der Waals surface area contributed by atoms with E-state index in [1.807, 2.05) is 7.05 Å². The van der Waals surface area contributed by atoms with Crippen LogP contribution in [0.4, 0.5) is 5.69 Å². The molecule has 124 valence electrons. The van der Waals surface area contributed by atoms with Crippen molar-refractivity contribution in [2.24, 2.45) is 0 Å². The predicted octanol–water partition coefficient (Wildman–Crippen LogP) is 5.85. The molecule has 0 saturated heterocycles. The molecule has 0 aliphatic rings. The van der Waals surface area contributed by atoms with E-state index in [1.54, 1.807) is 6.33 Å². The van der Waals surface area contributed by atoms with Gasteiger partial charge in [0.2, 0.25) is 0 Å². The summed E-state index contributed by atoms with van der Waals surface area (Å²) < 4.78 is 0. The molecule has 0 fully saturated rings. The Morgan fingerprint density at radius 3 is 2.68 bits per heavy atom. The standard InChI is InChI=1S/C22H21N3/c1-4-14(2)15-5-6-17-12-18(8-7-16(17)11-15)19-9-10-20-22(21(19)23-3)25-13-24-20/h5-13,23H,2,4H2,1,3H3,(H,24,25). The van der Waals surface area contributed by atoms with Crippen LogP contribution in [0, 0.1) is 0 Å². The van der Waals surface area contributed by atoms with Crippen molar-refractivity contribution in [1.82, 2.24) is 9.97 Å². The van der Waals surface area contributed by atoms with Crippen molar-refractivity contribution in [3.63, 3.8) is 0 Å². The molecule has 4 aromatic rings. The third-order valence-electron chi connectivity index (χ3n) is 4.83. The number of allylic oxidation sites excluding steroid dienone is 1. The van der Waals surface area contributed by atoms with E-state index in [2.05, 4.69) is 77.3 Å². The van der Waals surface area contributed by atoms with E-state index in [4.69, 9.17) is 0 Å². The van der Waals surface area contributed by atoms with Gasteiger partial charge in [-0.15, -0.1) is 0 Å². The van der Waals surface area contributed by atoms with Crippen molar-refractivity contribution in [3.8, 4) is 11.1 Å². The minimum Gasteiger partial charge on any atom is -0.386 e. The van der Waals surface area contributed by atoms with Crippen molar-refractivity contribution in [2.45, 2.75) is 13.3 Å². The van der Waals surface area contributed by atoms with Gasteiger partial charge in [0, 0.05) is 12.6 Å². The maximum atomic E-state index is 4.45. The van der Waals surface area contributed by atoms with Gasteiger partial charge in [-0.3, -0.25) is 0 Å². The highest BCUT2D eigenvalue weighted by Gasteiger charge is 2.11. The Bertz CT molecular complexity index is 1090. The maximum Gasteiger partial charge on any atom is 0.112 e. The number of benzene rings is 3. The minimum atomic E-state index is 0.967. The number of imidazole rings is 1. The number of rotatable bonds is 4. The molecule has 0 saturated carbocycles. The fourth-order valence-corrected chi connectivity index (χ4v) is 3.34. The third kappa shape index (κ3) is 2.58. The predicted molar refractivity (Wildman–Crippen MR) is 108 cm³/mol. The second kappa shape index (κ2) is 6.10. The SMILES string of the molecule is C=C(CC)c1ccc2cc(-c3ccc4[nH]cnc4c3NC)ccc2c1. The van der Waals surface area contributed by atoms with Crippen LogP contribution in [0.1, 0.15) is 18.9 Å². The van der Waals surface area contributed by atoms with Crippen LogP contribution in [0.2, 0.25) is 0 Å². The number of aromatic amines is 1. The number of anilines is 1. The molecule has 1 aromatic heterocycles. The molecule has 3 heteroatoms. The summed E-state index contributed by atoms with van der Waals surface area (Å²) in [5.74, 6) is 0. The first-order chi connectivity index (χ1) is 12.2. The number of fused-ring (bicyclic) bond motifs is 2. The van der Waals surface area contributed by atoms with Gasteiger partial charge in [0.15, 0.2) is 0 Å². The molecule has 0 bridgehead atoms. The van der Waals surface area contributed by atoms with Gasteiger partial charge in [0.1, 0.15) is 5.52 Å². The lowest BCUT2D eigenvalue weighted by Gasteiger charge is -2.12. The quantitative estimate of drug-likeness (QED) is 0.494. The summed E-state index contributed by atoms with van der Waals surface area (Å²) in [5.41, 5.74) is 7.79. The second-order valence-electron chi connectivity index (χ2n) is 6.27. The molecular formula is C22H21N3. The van der Waals surface area contributed by atoms with Crippen LogP contribution in [0.15, 0.2) is 61.4 Å².